The summed E-state index contributed by atoms with van der Waals surface area (Å²) < 4.78 is 3.12. The molecule has 0 amide bonds. The molecule has 6 nitrogen and oxygen atoms in total. The van der Waals surface area contributed by atoms with Gasteiger partial charge < -0.3 is 9.67 Å². The highest BCUT2D eigenvalue weighted by Crippen LogP contribution is 2.12. The molecule has 16 heavy (non-hydrogen) atoms. The largest absolute Gasteiger partial charge is 0.394 e. The lowest BCUT2D eigenvalue weighted by Gasteiger charge is -2.07. The molecule has 0 saturated carbocycles. The van der Waals surface area contributed by atoms with E-state index in [4.69, 9.17) is 5.11 Å². The lowest BCUT2D eigenvalue weighted by molar-refractivity contribution is 0.266. The Bertz CT molecular complexity index is 555. The number of nitrogens with zero attached hydrogens (tertiary/aromatic N) is 4. The highest BCUT2D eigenvalue weighted by molar-refractivity contribution is 5.72. The standard InChI is InChI=1S/C10H14N4O2/c1-7(2)13-6-11-9-8(13)5-12-14(3-4-15)10(9)16/h5-7,15H,3-4H2,1-2H3. The highest BCUT2D eigenvalue weighted by Gasteiger charge is 2.10. The van der Waals surface area contributed by atoms with Crippen LogP contribution in [0.1, 0.15) is 19.9 Å². The first-order valence-corrected chi connectivity index (χ1v) is 5.18. The maximum Gasteiger partial charge on any atom is 0.294 e. The molecule has 6 heteroatoms. The first kappa shape index (κ1) is 10.8. The van der Waals surface area contributed by atoms with Crippen LogP contribution in [0, 0.1) is 0 Å². The predicted molar refractivity (Wildman–Crippen MR) is 59.3 cm³/mol. The van der Waals surface area contributed by atoms with Crippen molar-refractivity contribution in [3.8, 4) is 0 Å². The van der Waals surface area contributed by atoms with Crippen LogP contribution >= 0.6 is 0 Å². The number of fused-ring (bicyclic) bond motifs is 1. The van der Waals surface area contributed by atoms with Crippen molar-refractivity contribution in [2.24, 2.45) is 0 Å². The average molecular weight is 222 g/mol. The number of imidazole rings is 1. The van der Waals surface area contributed by atoms with Crippen molar-refractivity contribution < 1.29 is 5.11 Å². The zero-order chi connectivity index (χ0) is 11.7. The Hall–Kier alpha value is -1.69. The molecule has 2 aromatic rings. The maximum atomic E-state index is 11.9. The van der Waals surface area contributed by atoms with Crippen LogP contribution in [0.15, 0.2) is 17.3 Å². The maximum absolute atomic E-state index is 11.9. The Kier molecular flexibility index (Phi) is 2.74. The number of rotatable bonds is 3. The molecule has 86 valence electrons. The molecule has 0 aromatic carbocycles. The van der Waals surface area contributed by atoms with Gasteiger partial charge in [0.15, 0.2) is 5.52 Å². The minimum Gasteiger partial charge on any atom is -0.394 e. The molecular formula is C10H14N4O2. The van der Waals surface area contributed by atoms with E-state index in [1.807, 2.05) is 18.4 Å². The zero-order valence-corrected chi connectivity index (χ0v) is 9.29. The molecule has 0 unspecified atom stereocenters. The van der Waals surface area contributed by atoms with Crippen LogP contribution in [0.2, 0.25) is 0 Å². The molecule has 0 atom stereocenters. The highest BCUT2D eigenvalue weighted by atomic mass is 16.3. The number of hydrogen-bond donors (Lipinski definition) is 1. The van der Waals surface area contributed by atoms with E-state index in [9.17, 15) is 4.79 Å². The lowest BCUT2D eigenvalue weighted by atomic mass is 10.3. The van der Waals surface area contributed by atoms with Gasteiger partial charge in [-0.25, -0.2) is 9.67 Å². The SMILES string of the molecule is CC(C)n1cnc2c(=O)n(CCO)ncc21. The molecule has 0 radical (unpaired) electrons. The quantitative estimate of drug-likeness (QED) is 0.803. The van der Waals surface area contributed by atoms with Gasteiger partial charge in [-0.15, -0.1) is 0 Å². The Morgan fingerprint density at radius 1 is 1.50 bits per heavy atom. The van der Waals surface area contributed by atoms with E-state index in [1.54, 1.807) is 12.5 Å². The van der Waals surface area contributed by atoms with E-state index >= 15 is 0 Å². The van der Waals surface area contributed by atoms with Crippen molar-refractivity contribution >= 4 is 11.0 Å². The van der Waals surface area contributed by atoms with Gasteiger partial charge in [0.25, 0.3) is 5.56 Å². The fraction of sp³-hybridized carbons (Fsp3) is 0.500. The normalized spacial score (nSPS) is 11.5. The van der Waals surface area contributed by atoms with Gasteiger partial charge >= 0.3 is 0 Å². The van der Waals surface area contributed by atoms with Crippen molar-refractivity contribution in [2.75, 3.05) is 6.61 Å². The van der Waals surface area contributed by atoms with E-state index < -0.39 is 0 Å². The van der Waals surface area contributed by atoms with Crippen LogP contribution in [-0.4, -0.2) is 31.0 Å². The number of hydrogen-bond acceptors (Lipinski definition) is 4. The molecule has 0 bridgehead atoms. The van der Waals surface area contributed by atoms with Gasteiger partial charge in [-0.2, -0.15) is 5.10 Å². The van der Waals surface area contributed by atoms with Gasteiger partial charge in [-0.3, -0.25) is 4.79 Å². The number of aromatic nitrogens is 4. The summed E-state index contributed by atoms with van der Waals surface area (Å²) in [5, 5.41) is 12.8. The van der Waals surface area contributed by atoms with Crippen LogP contribution in [0.4, 0.5) is 0 Å². The Morgan fingerprint density at radius 2 is 2.25 bits per heavy atom. The van der Waals surface area contributed by atoms with Crippen LogP contribution in [0.3, 0.4) is 0 Å². The smallest absolute Gasteiger partial charge is 0.294 e. The summed E-state index contributed by atoms with van der Waals surface area (Å²) >= 11 is 0. The van der Waals surface area contributed by atoms with Gasteiger partial charge in [0.2, 0.25) is 0 Å². The van der Waals surface area contributed by atoms with Gasteiger partial charge in [0.1, 0.15) is 0 Å². The summed E-state index contributed by atoms with van der Waals surface area (Å²) in [7, 11) is 0. The lowest BCUT2D eigenvalue weighted by Crippen LogP contribution is -2.24. The summed E-state index contributed by atoms with van der Waals surface area (Å²) in [5.41, 5.74) is 0.872. The zero-order valence-electron chi connectivity index (χ0n) is 9.29. The summed E-state index contributed by atoms with van der Waals surface area (Å²) in [4.78, 5) is 16.0. The molecule has 2 heterocycles. The first-order chi connectivity index (χ1) is 7.65. The van der Waals surface area contributed by atoms with E-state index in [1.165, 1.54) is 4.68 Å². The summed E-state index contributed by atoms with van der Waals surface area (Å²) in [6, 6.07) is 0.236. The van der Waals surface area contributed by atoms with Crippen molar-refractivity contribution in [1.29, 1.82) is 0 Å². The molecule has 1 N–H and O–H groups in total. The average Bonchev–Trinajstić information content (AvgIpc) is 2.67. The van der Waals surface area contributed by atoms with Crippen molar-refractivity contribution in [3.63, 3.8) is 0 Å². The fourth-order valence-corrected chi connectivity index (χ4v) is 1.63. The number of aliphatic hydroxyl groups excluding tert-OH is 1. The van der Waals surface area contributed by atoms with Gasteiger partial charge in [0, 0.05) is 6.04 Å². The molecule has 0 aliphatic carbocycles. The van der Waals surface area contributed by atoms with E-state index in [0.717, 1.165) is 5.52 Å². The summed E-state index contributed by atoms with van der Waals surface area (Å²) in [6.45, 7) is 4.12. The molecule has 0 aliphatic heterocycles. The van der Waals surface area contributed by atoms with Crippen molar-refractivity contribution in [3.05, 3.63) is 22.9 Å². The van der Waals surface area contributed by atoms with Crippen LogP contribution in [-0.2, 0) is 6.54 Å². The van der Waals surface area contributed by atoms with Crippen molar-refractivity contribution in [1.82, 2.24) is 19.3 Å². The summed E-state index contributed by atoms with van der Waals surface area (Å²) in [5.74, 6) is 0. The molecule has 0 saturated heterocycles. The van der Waals surface area contributed by atoms with Gasteiger partial charge in [0.05, 0.1) is 31.2 Å². The third-order valence-corrected chi connectivity index (χ3v) is 2.46. The predicted octanol–water partition coefficient (Wildman–Crippen LogP) is 0.166. The van der Waals surface area contributed by atoms with Crippen LogP contribution in [0.5, 0.6) is 0 Å². The van der Waals surface area contributed by atoms with Crippen molar-refractivity contribution in [2.45, 2.75) is 26.4 Å². The monoisotopic (exact) mass is 222 g/mol. The van der Waals surface area contributed by atoms with Gasteiger partial charge in [-0.05, 0) is 13.8 Å². The Morgan fingerprint density at radius 3 is 2.88 bits per heavy atom. The van der Waals surface area contributed by atoms with Crippen LogP contribution in [0.25, 0.3) is 11.0 Å². The Labute approximate surface area is 92.2 Å². The number of aliphatic hydroxyl groups is 1. The molecule has 0 fully saturated rings. The summed E-state index contributed by atoms with van der Waals surface area (Å²) in [6.07, 6.45) is 3.25. The molecule has 0 spiro atoms. The minimum atomic E-state index is -0.258. The van der Waals surface area contributed by atoms with E-state index in [-0.39, 0.29) is 24.8 Å². The third kappa shape index (κ3) is 1.61. The second-order valence-corrected chi connectivity index (χ2v) is 3.88. The molecule has 0 aliphatic rings. The topological polar surface area (TPSA) is 72.9 Å². The molecule has 2 aromatic heterocycles. The molecular weight excluding hydrogens is 208 g/mol. The fourth-order valence-electron chi connectivity index (χ4n) is 1.63. The molecule has 2 rings (SSSR count). The first-order valence-electron chi connectivity index (χ1n) is 5.18. The minimum absolute atomic E-state index is 0.108. The van der Waals surface area contributed by atoms with E-state index in [0.29, 0.717) is 5.52 Å². The second-order valence-electron chi connectivity index (χ2n) is 3.88. The van der Waals surface area contributed by atoms with Gasteiger partial charge in [-0.1, -0.05) is 0 Å². The Balaban J connectivity index is 2.64. The van der Waals surface area contributed by atoms with Crippen LogP contribution < -0.4 is 5.56 Å². The van der Waals surface area contributed by atoms with E-state index in [2.05, 4.69) is 10.1 Å². The second kappa shape index (κ2) is 4.05. The third-order valence-electron chi connectivity index (χ3n) is 2.46.